The molecule has 0 saturated heterocycles. The van der Waals surface area contributed by atoms with E-state index in [1.807, 2.05) is 25.1 Å². The first-order valence-corrected chi connectivity index (χ1v) is 5.37. The predicted octanol–water partition coefficient (Wildman–Crippen LogP) is 3.31. The van der Waals surface area contributed by atoms with E-state index in [1.165, 1.54) is 6.07 Å². The Kier molecular flexibility index (Phi) is 3.23. The lowest BCUT2D eigenvalue weighted by Crippen LogP contribution is -2.00. The summed E-state index contributed by atoms with van der Waals surface area (Å²) in [5.74, 6) is 1.08. The number of halogens is 1. The van der Waals surface area contributed by atoms with Crippen LogP contribution >= 0.6 is 0 Å². The van der Waals surface area contributed by atoms with E-state index < -0.39 is 0 Å². The monoisotopic (exact) mass is 231 g/mol. The number of hydrogen-bond acceptors (Lipinski definition) is 3. The van der Waals surface area contributed by atoms with Crippen molar-refractivity contribution in [3.05, 3.63) is 47.8 Å². The van der Waals surface area contributed by atoms with Gasteiger partial charge in [0.05, 0.1) is 5.69 Å². The molecule has 4 heteroatoms. The molecular weight excluding hydrogens is 217 g/mol. The maximum absolute atomic E-state index is 13.6. The van der Waals surface area contributed by atoms with Crippen LogP contribution in [0.15, 0.2) is 36.4 Å². The van der Waals surface area contributed by atoms with Gasteiger partial charge in [0, 0.05) is 7.05 Å². The molecule has 0 spiro atoms. The number of pyridine rings is 1. The Balaban J connectivity index is 2.31. The summed E-state index contributed by atoms with van der Waals surface area (Å²) in [6, 6.07) is 10.5. The third kappa shape index (κ3) is 2.53. The van der Waals surface area contributed by atoms with Crippen molar-refractivity contribution in [3.8, 4) is 0 Å². The van der Waals surface area contributed by atoms with Gasteiger partial charge in [-0.05, 0) is 30.7 Å². The highest BCUT2D eigenvalue weighted by molar-refractivity contribution is 5.62. The summed E-state index contributed by atoms with van der Waals surface area (Å²) in [6.45, 7) is 1.85. The molecular formula is C13H14FN3. The van der Waals surface area contributed by atoms with E-state index >= 15 is 0 Å². The number of anilines is 3. The molecule has 0 radical (unpaired) electrons. The fraction of sp³-hybridized carbons (Fsp3) is 0.154. The second-order valence-corrected chi connectivity index (χ2v) is 3.71. The SMILES string of the molecule is CNc1cccc(Nc2c(C)cccc2F)n1. The number of para-hydroxylation sites is 1. The predicted molar refractivity (Wildman–Crippen MR) is 68.2 cm³/mol. The molecule has 1 heterocycles. The number of benzene rings is 1. The maximum atomic E-state index is 13.6. The van der Waals surface area contributed by atoms with Gasteiger partial charge < -0.3 is 10.6 Å². The second kappa shape index (κ2) is 4.82. The van der Waals surface area contributed by atoms with Crippen molar-refractivity contribution < 1.29 is 4.39 Å². The van der Waals surface area contributed by atoms with Crippen molar-refractivity contribution in [2.24, 2.45) is 0 Å². The Labute approximate surface area is 99.7 Å². The molecule has 2 N–H and O–H groups in total. The van der Waals surface area contributed by atoms with Crippen LogP contribution in [0.2, 0.25) is 0 Å². The average molecular weight is 231 g/mol. The molecule has 0 aliphatic heterocycles. The Bertz CT molecular complexity index is 506. The number of hydrogen-bond donors (Lipinski definition) is 2. The lowest BCUT2D eigenvalue weighted by molar-refractivity contribution is 0.631. The molecule has 2 rings (SSSR count). The first kappa shape index (κ1) is 11.4. The van der Waals surface area contributed by atoms with Gasteiger partial charge in [0.25, 0.3) is 0 Å². The first-order valence-electron chi connectivity index (χ1n) is 5.37. The van der Waals surface area contributed by atoms with Gasteiger partial charge in [-0.1, -0.05) is 18.2 Å². The molecule has 0 aliphatic carbocycles. The third-order valence-electron chi connectivity index (χ3n) is 2.48. The van der Waals surface area contributed by atoms with Crippen molar-refractivity contribution in [2.45, 2.75) is 6.92 Å². The van der Waals surface area contributed by atoms with Gasteiger partial charge >= 0.3 is 0 Å². The minimum absolute atomic E-state index is 0.276. The minimum Gasteiger partial charge on any atom is -0.373 e. The Morgan fingerprint density at radius 3 is 2.47 bits per heavy atom. The number of nitrogens with one attached hydrogen (secondary N) is 2. The highest BCUT2D eigenvalue weighted by atomic mass is 19.1. The molecule has 0 fully saturated rings. The van der Waals surface area contributed by atoms with E-state index in [9.17, 15) is 4.39 Å². The van der Waals surface area contributed by atoms with Crippen molar-refractivity contribution in [1.29, 1.82) is 0 Å². The summed E-state index contributed by atoms with van der Waals surface area (Å²) in [5.41, 5.74) is 1.31. The normalized spacial score (nSPS) is 10.1. The van der Waals surface area contributed by atoms with Gasteiger partial charge in [0.2, 0.25) is 0 Å². The molecule has 88 valence electrons. The Hall–Kier alpha value is -2.10. The first-order chi connectivity index (χ1) is 8.20. The van der Waals surface area contributed by atoms with Crippen LogP contribution in [-0.4, -0.2) is 12.0 Å². The molecule has 1 aromatic carbocycles. The van der Waals surface area contributed by atoms with E-state index in [4.69, 9.17) is 0 Å². The minimum atomic E-state index is -0.276. The van der Waals surface area contributed by atoms with Gasteiger partial charge in [-0.25, -0.2) is 9.37 Å². The van der Waals surface area contributed by atoms with E-state index in [-0.39, 0.29) is 5.82 Å². The quantitative estimate of drug-likeness (QED) is 0.850. The van der Waals surface area contributed by atoms with Crippen LogP contribution in [-0.2, 0) is 0 Å². The van der Waals surface area contributed by atoms with E-state index in [1.54, 1.807) is 19.2 Å². The molecule has 0 unspecified atom stereocenters. The molecule has 3 nitrogen and oxygen atoms in total. The average Bonchev–Trinajstić information content (AvgIpc) is 2.34. The topological polar surface area (TPSA) is 37.0 Å². The molecule has 0 amide bonds. The standard InChI is InChI=1S/C13H14FN3/c1-9-5-3-6-10(14)13(9)17-12-8-4-7-11(15-2)16-12/h3-8H,1-2H3,(H2,15,16,17). The molecule has 17 heavy (non-hydrogen) atoms. The fourth-order valence-electron chi connectivity index (χ4n) is 1.56. The van der Waals surface area contributed by atoms with Gasteiger partial charge in [0.1, 0.15) is 17.5 Å². The van der Waals surface area contributed by atoms with Crippen molar-refractivity contribution >= 4 is 17.3 Å². The van der Waals surface area contributed by atoms with Gasteiger partial charge in [-0.3, -0.25) is 0 Å². The number of rotatable bonds is 3. The number of nitrogens with zero attached hydrogens (tertiary/aromatic N) is 1. The number of aromatic nitrogens is 1. The van der Waals surface area contributed by atoms with E-state index in [2.05, 4.69) is 15.6 Å². The molecule has 1 aromatic heterocycles. The van der Waals surface area contributed by atoms with Gasteiger partial charge in [-0.2, -0.15) is 0 Å². The summed E-state index contributed by atoms with van der Waals surface area (Å²) in [7, 11) is 1.79. The highest BCUT2D eigenvalue weighted by Gasteiger charge is 2.06. The Morgan fingerprint density at radius 2 is 1.76 bits per heavy atom. The van der Waals surface area contributed by atoms with Gasteiger partial charge in [0.15, 0.2) is 0 Å². The summed E-state index contributed by atoms with van der Waals surface area (Å²) >= 11 is 0. The lowest BCUT2D eigenvalue weighted by atomic mass is 10.2. The lowest BCUT2D eigenvalue weighted by Gasteiger charge is -2.10. The van der Waals surface area contributed by atoms with Crippen LogP contribution < -0.4 is 10.6 Å². The molecule has 0 saturated carbocycles. The molecule has 0 bridgehead atoms. The Morgan fingerprint density at radius 1 is 1.06 bits per heavy atom. The van der Waals surface area contributed by atoms with Crippen LogP contribution in [0.5, 0.6) is 0 Å². The summed E-state index contributed by atoms with van der Waals surface area (Å²) in [6.07, 6.45) is 0. The van der Waals surface area contributed by atoms with Crippen molar-refractivity contribution in [1.82, 2.24) is 4.98 Å². The molecule has 0 atom stereocenters. The van der Waals surface area contributed by atoms with Crippen LogP contribution in [0.1, 0.15) is 5.56 Å². The van der Waals surface area contributed by atoms with E-state index in [0.717, 1.165) is 11.4 Å². The smallest absolute Gasteiger partial charge is 0.146 e. The van der Waals surface area contributed by atoms with Crippen LogP contribution in [0.3, 0.4) is 0 Å². The van der Waals surface area contributed by atoms with Crippen LogP contribution in [0.4, 0.5) is 21.7 Å². The maximum Gasteiger partial charge on any atom is 0.146 e. The highest BCUT2D eigenvalue weighted by Crippen LogP contribution is 2.23. The molecule has 0 aliphatic rings. The zero-order valence-corrected chi connectivity index (χ0v) is 9.79. The fourth-order valence-corrected chi connectivity index (χ4v) is 1.56. The second-order valence-electron chi connectivity index (χ2n) is 3.71. The van der Waals surface area contributed by atoms with Crippen LogP contribution in [0, 0.1) is 12.7 Å². The molecule has 2 aromatic rings. The van der Waals surface area contributed by atoms with Crippen molar-refractivity contribution in [2.75, 3.05) is 17.7 Å². The zero-order valence-electron chi connectivity index (χ0n) is 9.79. The van der Waals surface area contributed by atoms with Crippen LogP contribution in [0.25, 0.3) is 0 Å². The van der Waals surface area contributed by atoms with Crippen molar-refractivity contribution in [3.63, 3.8) is 0 Å². The number of aryl methyl sites for hydroxylation is 1. The summed E-state index contributed by atoms with van der Waals surface area (Å²) in [4.78, 5) is 4.28. The summed E-state index contributed by atoms with van der Waals surface area (Å²) < 4.78 is 13.6. The largest absolute Gasteiger partial charge is 0.373 e. The van der Waals surface area contributed by atoms with Gasteiger partial charge in [-0.15, -0.1) is 0 Å². The zero-order chi connectivity index (χ0) is 12.3. The third-order valence-corrected chi connectivity index (χ3v) is 2.48. The van der Waals surface area contributed by atoms with E-state index in [0.29, 0.717) is 11.5 Å². The summed E-state index contributed by atoms with van der Waals surface area (Å²) in [5, 5.41) is 5.93.